The molecule has 1 heterocycles. The Morgan fingerprint density at radius 1 is 1.67 bits per heavy atom. The number of hydrogen-bond donors (Lipinski definition) is 2. The highest BCUT2D eigenvalue weighted by Crippen LogP contribution is 2.26. The van der Waals surface area contributed by atoms with Crippen LogP contribution in [0.1, 0.15) is 26.7 Å². The van der Waals surface area contributed by atoms with E-state index in [1.807, 2.05) is 11.8 Å². The number of nitrogens with one attached hydrogen (secondary N) is 1. The molecule has 0 saturated carbocycles. The van der Waals surface area contributed by atoms with E-state index in [2.05, 4.69) is 19.2 Å². The van der Waals surface area contributed by atoms with Gasteiger partial charge in [-0.15, -0.1) is 0 Å². The molecular formula is C9H19NOS. The van der Waals surface area contributed by atoms with Crippen molar-refractivity contribution in [3.8, 4) is 0 Å². The third-order valence-electron chi connectivity index (χ3n) is 2.54. The molecule has 0 spiro atoms. The smallest absolute Gasteiger partial charge is 0.0584 e. The predicted molar refractivity (Wildman–Crippen MR) is 54.6 cm³/mol. The zero-order valence-corrected chi connectivity index (χ0v) is 8.73. The summed E-state index contributed by atoms with van der Waals surface area (Å²) in [6.45, 7) is 4.64. The molecule has 12 heavy (non-hydrogen) atoms. The Balaban J connectivity index is 2.28. The van der Waals surface area contributed by atoms with E-state index in [1.165, 1.54) is 12.2 Å². The lowest BCUT2D eigenvalue weighted by Gasteiger charge is -2.22. The Bertz CT molecular complexity index is 128. The van der Waals surface area contributed by atoms with Crippen molar-refractivity contribution in [3.63, 3.8) is 0 Å². The van der Waals surface area contributed by atoms with E-state index < -0.39 is 0 Å². The van der Waals surface area contributed by atoms with E-state index in [1.54, 1.807) is 0 Å². The summed E-state index contributed by atoms with van der Waals surface area (Å²) in [5, 5.41) is 13.2. The summed E-state index contributed by atoms with van der Waals surface area (Å²) in [7, 11) is 0. The van der Waals surface area contributed by atoms with Crippen LogP contribution in [0.15, 0.2) is 0 Å². The molecule has 1 rings (SSSR count). The quantitative estimate of drug-likeness (QED) is 0.698. The van der Waals surface area contributed by atoms with E-state index >= 15 is 0 Å². The molecule has 0 amide bonds. The fourth-order valence-electron chi connectivity index (χ4n) is 1.55. The molecule has 1 aliphatic heterocycles. The van der Waals surface area contributed by atoms with Gasteiger partial charge in [0.15, 0.2) is 0 Å². The molecule has 3 atom stereocenters. The highest BCUT2D eigenvalue weighted by molar-refractivity contribution is 8.00. The van der Waals surface area contributed by atoms with Crippen LogP contribution in [0, 0.1) is 0 Å². The molecular weight excluding hydrogens is 170 g/mol. The van der Waals surface area contributed by atoms with Crippen LogP contribution in [0.4, 0.5) is 0 Å². The van der Waals surface area contributed by atoms with E-state index in [-0.39, 0.29) is 6.61 Å². The van der Waals surface area contributed by atoms with Gasteiger partial charge in [0.05, 0.1) is 6.61 Å². The number of rotatable bonds is 4. The van der Waals surface area contributed by atoms with Gasteiger partial charge in [-0.25, -0.2) is 0 Å². The normalized spacial score (nSPS) is 32.2. The minimum Gasteiger partial charge on any atom is -0.395 e. The van der Waals surface area contributed by atoms with Crippen LogP contribution in [-0.4, -0.2) is 34.8 Å². The molecule has 3 heteroatoms. The van der Waals surface area contributed by atoms with Crippen molar-refractivity contribution in [3.05, 3.63) is 0 Å². The van der Waals surface area contributed by atoms with Crippen molar-refractivity contribution in [2.75, 3.05) is 12.4 Å². The summed E-state index contributed by atoms with van der Waals surface area (Å²) in [5.41, 5.74) is 0. The number of hydrogen-bond acceptors (Lipinski definition) is 3. The average Bonchev–Trinajstić information content (AvgIpc) is 2.47. The van der Waals surface area contributed by atoms with Gasteiger partial charge in [0, 0.05) is 17.3 Å². The van der Waals surface area contributed by atoms with Crippen molar-refractivity contribution >= 4 is 11.8 Å². The van der Waals surface area contributed by atoms with Crippen LogP contribution in [0.2, 0.25) is 0 Å². The summed E-state index contributed by atoms with van der Waals surface area (Å²) < 4.78 is 0. The lowest BCUT2D eigenvalue weighted by Crippen LogP contribution is -2.42. The number of thioether (sulfide) groups is 1. The highest BCUT2D eigenvalue weighted by atomic mass is 32.2. The minimum absolute atomic E-state index is 0.268. The van der Waals surface area contributed by atoms with Crippen molar-refractivity contribution in [1.29, 1.82) is 0 Å². The molecule has 2 nitrogen and oxygen atoms in total. The molecule has 1 saturated heterocycles. The Morgan fingerprint density at radius 3 is 2.83 bits per heavy atom. The SMILES string of the molecule is CCC(CO)NC1CCSC1C. The van der Waals surface area contributed by atoms with Gasteiger partial charge in [-0.1, -0.05) is 13.8 Å². The fourth-order valence-corrected chi connectivity index (χ4v) is 2.76. The monoisotopic (exact) mass is 189 g/mol. The third kappa shape index (κ3) is 2.64. The maximum Gasteiger partial charge on any atom is 0.0584 e. The van der Waals surface area contributed by atoms with Crippen LogP contribution >= 0.6 is 11.8 Å². The lowest BCUT2D eigenvalue weighted by molar-refractivity contribution is 0.227. The maximum absolute atomic E-state index is 9.00. The van der Waals surface area contributed by atoms with Crippen molar-refractivity contribution < 1.29 is 5.11 Å². The first-order valence-corrected chi connectivity index (χ1v) is 5.81. The molecule has 0 bridgehead atoms. The van der Waals surface area contributed by atoms with E-state index in [0.717, 1.165) is 6.42 Å². The summed E-state index contributed by atoms with van der Waals surface area (Å²) in [5.74, 6) is 1.26. The maximum atomic E-state index is 9.00. The minimum atomic E-state index is 0.268. The third-order valence-corrected chi connectivity index (χ3v) is 3.86. The molecule has 0 aromatic heterocycles. The molecule has 72 valence electrons. The van der Waals surface area contributed by atoms with Gasteiger partial charge in [0.2, 0.25) is 0 Å². The highest BCUT2D eigenvalue weighted by Gasteiger charge is 2.25. The molecule has 0 aromatic carbocycles. The predicted octanol–water partition coefficient (Wildman–Crippen LogP) is 1.24. The molecule has 1 aliphatic rings. The fraction of sp³-hybridized carbons (Fsp3) is 1.00. The second-order valence-electron chi connectivity index (χ2n) is 3.43. The molecule has 1 fully saturated rings. The first-order chi connectivity index (χ1) is 5.77. The summed E-state index contributed by atoms with van der Waals surface area (Å²) >= 11 is 2.02. The van der Waals surface area contributed by atoms with Crippen LogP contribution in [0.25, 0.3) is 0 Å². The van der Waals surface area contributed by atoms with E-state index in [4.69, 9.17) is 5.11 Å². The van der Waals surface area contributed by atoms with E-state index in [9.17, 15) is 0 Å². The van der Waals surface area contributed by atoms with Gasteiger partial charge in [-0.2, -0.15) is 11.8 Å². The zero-order valence-electron chi connectivity index (χ0n) is 7.92. The lowest BCUT2D eigenvalue weighted by atomic mass is 10.1. The zero-order chi connectivity index (χ0) is 8.97. The van der Waals surface area contributed by atoms with Gasteiger partial charge < -0.3 is 10.4 Å². The van der Waals surface area contributed by atoms with Gasteiger partial charge in [0.25, 0.3) is 0 Å². The summed E-state index contributed by atoms with van der Waals surface area (Å²) in [6, 6.07) is 0.920. The average molecular weight is 189 g/mol. The first-order valence-electron chi connectivity index (χ1n) is 4.76. The van der Waals surface area contributed by atoms with Gasteiger partial charge in [-0.3, -0.25) is 0 Å². The van der Waals surface area contributed by atoms with E-state index in [0.29, 0.717) is 17.3 Å². The Labute approximate surface area is 79.1 Å². The Morgan fingerprint density at radius 2 is 2.42 bits per heavy atom. The van der Waals surface area contributed by atoms with Crippen LogP contribution in [-0.2, 0) is 0 Å². The second kappa shape index (κ2) is 5.10. The molecule has 0 aromatic rings. The topological polar surface area (TPSA) is 32.3 Å². The number of aliphatic hydroxyl groups excluding tert-OH is 1. The molecule has 2 N–H and O–H groups in total. The van der Waals surface area contributed by atoms with Crippen molar-refractivity contribution in [1.82, 2.24) is 5.32 Å². The Kier molecular flexibility index (Phi) is 4.40. The number of aliphatic hydroxyl groups is 1. The van der Waals surface area contributed by atoms with Gasteiger partial charge in [0.1, 0.15) is 0 Å². The summed E-state index contributed by atoms with van der Waals surface area (Å²) in [4.78, 5) is 0. The van der Waals surface area contributed by atoms with Crippen LogP contribution in [0.3, 0.4) is 0 Å². The van der Waals surface area contributed by atoms with Crippen molar-refractivity contribution in [2.45, 2.75) is 44.0 Å². The van der Waals surface area contributed by atoms with Gasteiger partial charge in [-0.05, 0) is 18.6 Å². The van der Waals surface area contributed by atoms with Crippen molar-refractivity contribution in [2.24, 2.45) is 0 Å². The standard InChI is InChI=1S/C9H19NOS/c1-3-8(6-11)10-9-4-5-12-7(9)2/h7-11H,3-6H2,1-2H3. The largest absolute Gasteiger partial charge is 0.395 e. The first kappa shape index (κ1) is 10.4. The second-order valence-corrected chi connectivity index (χ2v) is 4.91. The van der Waals surface area contributed by atoms with Gasteiger partial charge >= 0.3 is 0 Å². The molecule has 0 aliphatic carbocycles. The summed E-state index contributed by atoms with van der Waals surface area (Å²) in [6.07, 6.45) is 2.27. The van der Waals surface area contributed by atoms with Crippen LogP contribution in [0.5, 0.6) is 0 Å². The molecule has 0 radical (unpaired) electrons. The Hall–Kier alpha value is 0.270. The molecule has 3 unspecified atom stereocenters. The van der Waals surface area contributed by atoms with Crippen LogP contribution < -0.4 is 5.32 Å².